The predicted octanol–water partition coefficient (Wildman–Crippen LogP) is 4.51. The van der Waals surface area contributed by atoms with Crippen LogP contribution in [0.2, 0.25) is 5.02 Å². The van der Waals surface area contributed by atoms with Crippen molar-refractivity contribution < 1.29 is 9.84 Å². The molecule has 0 radical (unpaired) electrons. The van der Waals surface area contributed by atoms with Crippen LogP contribution in [0.4, 0.5) is 0 Å². The number of aromatic nitrogens is 2. The van der Waals surface area contributed by atoms with Crippen molar-refractivity contribution in [2.45, 2.75) is 26.5 Å². The Hall–Kier alpha value is -1.56. The Labute approximate surface area is 154 Å². The first-order valence-electron chi connectivity index (χ1n) is 7.65. The third-order valence-electron chi connectivity index (χ3n) is 3.94. The minimum absolute atomic E-state index is 0.147. The maximum atomic E-state index is 10.2. The van der Waals surface area contributed by atoms with Gasteiger partial charge in [0, 0.05) is 11.1 Å². The highest BCUT2D eigenvalue weighted by Gasteiger charge is 2.14. The van der Waals surface area contributed by atoms with Crippen molar-refractivity contribution in [2.75, 3.05) is 6.61 Å². The summed E-state index contributed by atoms with van der Waals surface area (Å²) in [6.45, 7) is 4.39. The van der Waals surface area contributed by atoms with Crippen LogP contribution in [-0.2, 0) is 6.54 Å². The minimum atomic E-state index is -0.683. The van der Waals surface area contributed by atoms with Gasteiger partial charge < -0.3 is 9.84 Å². The summed E-state index contributed by atoms with van der Waals surface area (Å²) in [5, 5.41) is 17.2. The number of fused-ring (bicyclic) bond motifs is 1. The molecule has 0 aliphatic rings. The van der Waals surface area contributed by atoms with Gasteiger partial charge in [-0.3, -0.25) is 4.68 Å². The van der Waals surface area contributed by atoms with E-state index in [0.29, 0.717) is 17.3 Å². The van der Waals surface area contributed by atoms with E-state index < -0.39 is 6.10 Å². The molecule has 0 spiro atoms. The number of hydrogen-bond acceptors (Lipinski definition) is 3. The highest BCUT2D eigenvalue weighted by atomic mass is 79.9. The fraction of sp³-hybridized carbons (Fsp3) is 0.278. The second-order valence-electron chi connectivity index (χ2n) is 5.73. The van der Waals surface area contributed by atoms with Gasteiger partial charge in [0.1, 0.15) is 18.5 Å². The summed E-state index contributed by atoms with van der Waals surface area (Å²) in [5.41, 5.74) is 1.88. The smallest absolute Gasteiger partial charge is 0.138 e. The quantitative estimate of drug-likeness (QED) is 0.674. The van der Waals surface area contributed by atoms with E-state index in [1.807, 2.05) is 50.2 Å². The summed E-state index contributed by atoms with van der Waals surface area (Å²) >= 11 is 9.89. The van der Waals surface area contributed by atoms with Gasteiger partial charge in [-0.05, 0) is 41.2 Å². The molecule has 6 heteroatoms. The van der Waals surface area contributed by atoms with E-state index in [0.717, 1.165) is 26.6 Å². The zero-order valence-electron chi connectivity index (χ0n) is 13.5. The van der Waals surface area contributed by atoms with Crippen LogP contribution < -0.4 is 4.74 Å². The lowest BCUT2D eigenvalue weighted by Gasteiger charge is -2.15. The number of halogens is 2. The Kier molecular flexibility index (Phi) is 5.13. The van der Waals surface area contributed by atoms with Crippen molar-refractivity contribution in [1.82, 2.24) is 9.78 Å². The lowest BCUT2D eigenvalue weighted by Crippen LogP contribution is -2.24. The Bertz CT molecular complexity index is 879. The van der Waals surface area contributed by atoms with E-state index in [1.54, 1.807) is 4.68 Å². The third-order valence-corrected chi connectivity index (χ3v) is 5.47. The molecule has 1 atom stereocenters. The molecule has 3 aromatic rings. The van der Waals surface area contributed by atoms with Crippen molar-refractivity contribution >= 4 is 38.3 Å². The summed E-state index contributed by atoms with van der Waals surface area (Å²) in [6, 6.07) is 11.6. The van der Waals surface area contributed by atoms with E-state index in [2.05, 4.69) is 21.0 Å². The maximum Gasteiger partial charge on any atom is 0.138 e. The van der Waals surface area contributed by atoms with Crippen molar-refractivity contribution in [3.8, 4) is 5.75 Å². The van der Waals surface area contributed by atoms with Crippen molar-refractivity contribution in [3.05, 3.63) is 57.3 Å². The Morgan fingerprint density at radius 1 is 1.25 bits per heavy atom. The second-order valence-corrected chi connectivity index (χ2v) is 6.90. The molecule has 3 rings (SSSR count). The number of aliphatic hydroxyl groups excluding tert-OH is 1. The van der Waals surface area contributed by atoms with Gasteiger partial charge >= 0.3 is 0 Å². The number of hydrogen-bond donors (Lipinski definition) is 1. The van der Waals surface area contributed by atoms with Crippen molar-refractivity contribution in [3.63, 3.8) is 0 Å². The molecule has 0 amide bonds. The predicted molar refractivity (Wildman–Crippen MR) is 99.9 cm³/mol. The molecule has 0 aliphatic heterocycles. The molecule has 0 saturated heterocycles. The van der Waals surface area contributed by atoms with Gasteiger partial charge in [0.05, 0.1) is 21.7 Å². The van der Waals surface area contributed by atoms with E-state index in [-0.39, 0.29) is 6.61 Å². The standard InChI is InChI=1S/C18H18BrClN2O2/c1-11-17(19)12(2)22(21-11)9-14(23)10-24-16-8-7-13-5-3-4-6-15(13)18(16)20/h3-8,14,23H,9-10H2,1-2H3/t14-/m1/s1. The third kappa shape index (κ3) is 3.43. The average molecular weight is 410 g/mol. The zero-order chi connectivity index (χ0) is 17.3. The fourth-order valence-electron chi connectivity index (χ4n) is 2.62. The molecule has 24 heavy (non-hydrogen) atoms. The molecule has 1 N–H and O–H groups in total. The van der Waals surface area contributed by atoms with E-state index in [4.69, 9.17) is 16.3 Å². The van der Waals surface area contributed by atoms with Gasteiger partial charge in [0.2, 0.25) is 0 Å². The van der Waals surface area contributed by atoms with E-state index >= 15 is 0 Å². The lowest BCUT2D eigenvalue weighted by molar-refractivity contribution is 0.0888. The summed E-state index contributed by atoms with van der Waals surface area (Å²) in [4.78, 5) is 0. The van der Waals surface area contributed by atoms with Gasteiger partial charge in [-0.2, -0.15) is 5.10 Å². The first-order valence-corrected chi connectivity index (χ1v) is 8.82. The molecule has 0 bridgehead atoms. The van der Waals surface area contributed by atoms with Crippen LogP contribution in [0.5, 0.6) is 5.75 Å². The SMILES string of the molecule is Cc1nn(C[C@@H](O)COc2ccc3ccccc3c2Cl)c(C)c1Br. The lowest BCUT2D eigenvalue weighted by atomic mass is 10.1. The highest BCUT2D eigenvalue weighted by Crippen LogP contribution is 2.32. The molecule has 0 aliphatic carbocycles. The number of aryl methyl sites for hydroxylation is 1. The van der Waals surface area contributed by atoms with Gasteiger partial charge in [0.25, 0.3) is 0 Å². The van der Waals surface area contributed by atoms with Crippen LogP contribution in [0.1, 0.15) is 11.4 Å². The molecule has 0 fully saturated rings. The largest absolute Gasteiger partial charge is 0.489 e. The molecule has 0 saturated carbocycles. The summed E-state index contributed by atoms with van der Waals surface area (Å²) < 4.78 is 8.46. The van der Waals surface area contributed by atoms with Crippen LogP contribution in [0, 0.1) is 13.8 Å². The van der Waals surface area contributed by atoms with Crippen molar-refractivity contribution in [2.24, 2.45) is 0 Å². The monoisotopic (exact) mass is 408 g/mol. The van der Waals surface area contributed by atoms with Crippen LogP contribution in [0.25, 0.3) is 10.8 Å². The molecule has 4 nitrogen and oxygen atoms in total. The summed E-state index contributed by atoms with van der Waals surface area (Å²) in [5.74, 6) is 0.573. The van der Waals surface area contributed by atoms with Crippen LogP contribution in [-0.4, -0.2) is 27.6 Å². The number of ether oxygens (including phenoxy) is 1. The second kappa shape index (κ2) is 7.13. The van der Waals surface area contributed by atoms with Crippen molar-refractivity contribution in [1.29, 1.82) is 0 Å². The van der Waals surface area contributed by atoms with E-state index in [1.165, 1.54) is 0 Å². The molecule has 2 aromatic carbocycles. The normalized spacial score (nSPS) is 12.5. The first-order chi connectivity index (χ1) is 11.5. The number of rotatable bonds is 5. The van der Waals surface area contributed by atoms with Gasteiger partial charge in [-0.25, -0.2) is 0 Å². The topological polar surface area (TPSA) is 47.3 Å². The average Bonchev–Trinajstić information content (AvgIpc) is 2.81. The molecular weight excluding hydrogens is 392 g/mol. The van der Waals surface area contributed by atoms with Gasteiger partial charge in [0.15, 0.2) is 0 Å². The van der Waals surface area contributed by atoms with Gasteiger partial charge in [-0.1, -0.05) is 41.9 Å². The van der Waals surface area contributed by atoms with Crippen LogP contribution >= 0.6 is 27.5 Å². The Morgan fingerprint density at radius 3 is 2.71 bits per heavy atom. The molecule has 126 valence electrons. The van der Waals surface area contributed by atoms with Crippen LogP contribution in [0.15, 0.2) is 40.9 Å². The number of benzene rings is 2. The summed E-state index contributed by atoms with van der Waals surface area (Å²) in [7, 11) is 0. The van der Waals surface area contributed by atoms with E-state index in [9.17, 15) is 5.11 Å². The van der Waals surface area contributed by atoms with Gasteiger partial charge in [-0.15, -0.1) is 0 Å². The zero-order valence-corrected chi connectivity index (χ0v) is 15.8. The maximum absolute atomic E-state index is 10.2. The highest BCUT2D eigenvalue weighted by molar-refractivity contribution is 9.10. The Morgan fingerprint density at radius 2 is 2.00 bits per heavy atom. The molecule has 0 unspecified atom stereocenters. The van der Waals surface area contributed by atoms with Crippen LogP contribution in [0.3, 0.4) is 0 Å². The summed E-state index contributed by atoms with van der Waals surface area (Å²) in [6.07, 6.45) is -0.683. The molecular formula is C18H18BrClN2O2. The molecule has 1 aromatic heterocycles. The molecule has 1 heterocycles. The minimum Gasteiger partial charge on any atom is -0.489 e. The number of nitrogens with zero attached hydrogens (tertiary/aromatic N) is 2. The first kappa shape index (κ1) is 17.3. The number of aliphatic hydroxyl groups is 1. The fourth-order valence-corrected chi connectivity index (χ4v) is 3.19. The Balaban J connectivity index is 1.69.